The topological polar surface area (TPSA) is 112 Å². The standard InChI is InChI=1S/C14H11N3O4/c18-12-3-2-10(8-16-12)14(21)17-11-7-9(5-6-15-11)1-4-13(19)20/h1-8H,(H,16,18)(H,19,20)(H,15,17,21)/b4-1+. The van der Waals surface area contributed by atoms with Crippen molar-refractivity contribution in [3.8, 4) is 0 Å². The lowest BCUT2D eigenvalue weighted by Gasteiger charge is -2.04. The van der Waals surface area contributed by atoms with Crippen molar-refractivity contribution in [3.05, 3.63) is 64.2 Å². The Morgan fingerprint density at radius 3 is 2.76 bits per heavy atom. The van der Waals surface area contributed by atoms with Crippen molar-refractivity contribution in [2.75, 3.05) is 5.32 Å². The highest BCUT2D eigenvalue weighted by Crippen LogP contribution is 2.10. The van der Waals surface area contributed by atoms with Crippen LogP contribution >= 0.6 is 0 Å². The number of carbonyl (C=O) groups excluding carboxylic acids is 1. The number of nitrogens with one attached hydrogen (secondary N) is 2. The van der Waals surface area contributed by atoms with Gasteiger partial charge in [0.2, 0.25) is 5.56 Å². The first-order valence-corrected chi connectivity index (χ1v) is 5.92. The number of pyridine rings is 2. The highest BCUT2D eigenvalue weighted by atomic mass is 16.4. The molecule has 7 nitrogen and oxygen atoms in total. The molecule has 0 aromatic carbocycles. The fraction of sp³-hybridized carbons (Fsp3) is 0. The van der Waals surface area contributed by atoms with E-state index in [2.05, 4.69) is 15.3 Å². The molecule has 0 aliphatic rings. The van der Waals surface area contributed by atoms with Crippen LogP contribution in [-0.2, 0) is 4.79 Å². The van der Waals surface area contributed by atoms with Gasteiger partial charge >= 0.3 is 5.97 Å². The highest BCUT2D eigenvalue weighted by molar-refractivity contribution is 6.03. The maximum atomic E-state index is 11.9. The number of aromatic nitrogens is 2. The first kappa shape index (κ1) is 14.2. The molecule has 0 saturated heterocycles. The van der Waals surface area contributed by atoms with Gasteiger partial charge in [-0.3, -0.25) is 9.59 Å². The second-order valence-electron chi connectivity index (χ2n) is 4.04. The van der Waals surface area contributed by atoms with Crippen LogP contribution in [0, 0.1) is 0 Å². The molecule has 2 heterocycles. The fourth-order valence-electron chi connectivity index (χ4n) is 1.53. The van der Waals surface area contributed by atoms with Gasteiger partial charge in [-0.2, -0.15) is 0 Å². The van der Waals surface area contributed by atoms with Crippen LogP contribution in [0.2, 0.25) is 0 Å². The molecule has 0 atom stereocenters. The molecule has 21 heavy (non-hydrogen) atoms. The van der Waals surface area contributed by atoms with Crippen molar-refractivity contribution in [2.45, 2.75) is 0 Å². The van der Waals surface area contributed by atoms with Crippen LogP contribution < -0.4 is 10.9 Å². The molecule has 106 valence electrons. The van der Waals surface area contributed by atoms with Gasteiger partial charge in [-0.15, -0.1) is 0 Å². The predicted molar refractivity (Wildman–Crippen MR) is 75.9 cm³/mol. The molecule has 0 unspecified atom stereocenters. The Labute approximate surface area is 119 Å². The van der Waals surface area contributed by atoms with Crippen LogP contribution in [-0.4, -0.2) is 27.0 Å². The van der Waals surface area contributed by atoms with Crippen molar-refractivity contribution in [3.63, 3.8) is 0 Å². The number of H-pyrrole nitrogens is 1. The number of hydrogen-bond acceptors (Lipinski definition) is 4. The monoisotopic (exact) mass is 285 g/mol. The lowest BCUT2D eigenvalue weighted by atomic mass is 10.2. The summed E-state index contributed by atoms with van der Waals surface area (Å²) in [4.78, 5) is 39.6. The Morgan fingerprint density at radius 2 is 2.10 bits per heavy atom. The van der Waals surface area contributed by atoms with Crippen LogP contribution in [0.25, 0.3) is 6.08 Å². The Bertz CT molecular complexity index is 744. The molecule has 0 fully saturated rings. The van der Waals surface area contributed by atoms with Gasteiger partial charge in [0.1, 0.15) is 5.82 Å². The smallest absolute Gasteiger partial charge is 0.328 e. The van der Waals surface area contributed by atoms with Crippen molar-refractivity contribution in [1.82, 2.24) is 9.97 Å². The van der Waals surface area contributed by atoms with E-state index < -0.39 is 11.9 Å². The zero-order valence-corrected chi connectivity index (χ0v) is 10.7. The third-order valence-corrected chi connectivity index (χ3v) is 2.49. The summed E-state index contributed by atoms with van der Waals surface area (Å²) in [6.45, 7) is 0. The van der Waals surface area contributed by atoms with E-state index in [0.717, 1.165) is 6.08 Å². The zero-order chi connectivity index (χ0) is 15.2. The fourth-order valence-corrected chi connectivity index (χ4v) is 1.53. The number of carboxylic acids is 1. The molecule has 7 heteroatoms. The number of anilines is 1. The highest BCUT2D eigenvalue weighted by Gasteiger charge is 2.06. The number of carboxylic acid groups (broad SMARTS) is 1. The van der Waals surface area contributed by atoms with E-state index in [1.807, 2.05) is 0 Å². The quantitative estimate of drug-likeness (QED) is 0.729. The number of hydrogen-bond donors (Lipinski definition) is 3. The average molecular weight is 285 g/mol. The second-order valence-corrected chi connectivity index (χ2v) is 4.04. The Hall–Kier alpha value is -3.22. The summed E-state index contributed by atoms with van der Waals surface area (Å²) >= 11 is 0. The van der Waals surface area contributed by atoms with Gasteiger partial charge in [0.05, 0.1) is 5.56 Å². The number of aromatic amines is 1. The molecule has 0 bridgehead atoms. The van der Waals surface area contributed by atoms with Crippen molar-refractivity contribution in [1.29, 1.82) is 0 Å². The van der Waals surface area contributed by atoms with E-state index in [-0.39, 0.29) is 16.9 Å². The molecule has 0 radical (unpaired) electrons. The molecule has 0 aliphatic carbocycles. The molecule has 1 amide bonds. The SMILES string of the molecule is O=C(O)/C=C/c1ccnc(NC(=O)c2ccc(=O)[nH]c2)c1. The van der Waals surface area contributed by atoms with E-state index in [9.17, 15) is 14.4 Å². The third kappa shape index (κ3) is 4.13. The van der Waals surface area contributed by atoms with Crippen LogP contribution in [0.5, 0.6) is 0 Å². The number of rotatable bonds is 4. The minimum Gasteiger partial charge on any atom is -0.478 e. The van der Waals surface area contributed by atoms with Gasteiger partial charge in [-0.1, -0.05) is 0 Å². The Balaban J connectivity index is 2.14. The van der Waals surface area contributed by atoms with E-state index in [1.54, 1.807) is 6.07 Å². The molecular weight excluding hydrogens is 274 g/mol. The molecule has 2 aromatic heterocycles. The summed E-state index contributed by atoms with van der Waals surface area (Å²) in [6.07, 6.45) is 5.12. The summed E-state index contributed by atoms with van der Waals surface area (Å²) in [7, 11) is 0. The maximum Gasteiger partial charge on any atom is 0.328 e. The van der Waals surface area contributed by atoms with Gasteiger partial charge in [0, 0.05) is 24.5 Å². The first-order chi connectivity index (χ1) is 10.0. The zero-order valence-electron chi connectivity index (χ0n) is 10.7. The van der Waals surface area contributed by atoms with Gasteiger partial charge < -0.3 is 15.4 Å². The van der Waals surface area contributed by atoms with Crippen molar-refractivity contribution in [2.24, 2.45) is 0 Å². The maximum absolute atomic E-state index is 11.9. The van der Waals surface area contributed by atoms with Gasteiger partial charge in [0.15, 0.2) is 0 Å². The minimum atomic E-state index is -1.06. The molecule has 3 N–H and O–H groups in total. The van der Waals surface area contributed by atoms with Gasteiger partial charge in [-0.05, 0) is 29.8 Å². The number of nitrogens with zero attached hydrogens (tertiary/aromatic N) is 1. The molecule has 0 saturated carbocycles. The number of amides is 1. The molecule has 0 aliphatic heterocycles. The first-order valence-electron chi connectivity index (χ1n) is 5.92. The summed E-state index contributed by atoms with van der Waals surface area (Å²) in [5.74, 6) is -1.22. The van der Waals surface area contributed by atoms with E-state index in [4.69, 9.17) is 5.11 Å². The molecule has 0 spiro atoms. The lowest BCUT2D eigenvalue weighted by molar-refractivity contribution is -0.131. The summed E-state index contributed by atoms with van der Waals surface area (Å²) < 4.78 is 0. The predicted octanol–water partition coefficient (Wildman–Crippen LogP) is 1.12. The van der Waals surface area contributed by atoms with E-state index in [1.165, 1.54) is 36.7 Å². The normalized spacial score (nSPS) is 10.5. The number of aliphatic carboxylic acids is 1. The Kier molecular flexibility index (Phi) is 4.25. The largest absolute Gasteiger partial charge is 0.478 e. The van der Waals surface area contributed by atoms with E-state index in [0.29, 0.717) is 5.56 Å². The third-order valence-electron chi connectivity index (χ3n) is 2.49. The van der Waals surface area contributed by atoms with Crippen LogP contribution in [0.1, 0.15) is 15.9 Å². The number of carbonyl (C=O) groups is 2. The van der Waals surface area contributed by atoms with Gasteiger partial charge in [0.25, 0.3) is 5.91 Å². The van der Waals surface area contributed by atoms with E-state index >= 15 is 0 Å². The summed E-state index contributed by atoms with van der Waals surface area (Å²) in [5, 5.41) is 11.1. The summed E-state index contributed by atoms with van der Waals surface area (Å²) in [5.41, 5.74) is 0.567. The average Bonchev–Trinajstić information content (AvgIpc) is 2.46. The lowest BCUT2D eigenvalue weighted by Crippen LogP contribution is -2.15. The Morgan fingerprint density at radius 1 is 1.29 bits per heavy atom. The van der Waals surface area contributed by atoms with Crippen molar-refractivity contribution >= 4 is 23.8 Å². The van der Waals surface area contributed by atoms with Crippen LogP contribution in [0.3, 0.4) is 0 Å². The minimum absolute atomic E-state index is 0.277. The van der Waals surface area contributed by atoms with Crippen molar-refractivity contribution < 1.29 is 14.7 Å². The molecule has 2 aromatic rings. The summed E-state index contributed by atoms with van der Waals surface area (Å²) in [6, 6.07) is 5.77. The molecular formula is C14H11N3O4. The van der Waals surface area contributed by atoms with Gasteiger partial charge in [-0.25, -0.2) is 9.78 Å². The van der Waals surface area contributed by atoms with Crippen LogP contribution in [0.4, 0.5) is 5.82 Å². The molecule has 2 rings (SSSR count). The second kappa shape index (κ2) is 6.29. The van der Waals surface area contributed by atoms with Crippen LogP contribution in [0.15, 0.2) is 47.5 Å².